The van der Waals surface area contributed by atoms with Crippen molar-refractivity contribution in [3.05, 3.63) is 22.9 Å². The van der Waals surface area contributed by atoms with E-state index in [1.807, 2.05) is 12.1 Å². The van der Waals surface area contributed by atoms with Crippen LogP contribution in [0.2, 0.25) is 0 Å². The Labute approximate surface area is 123 Å². The second kappa shape index (κ2) is 5.28. The van der Waals surface area contributed by atoms with Gasteiger partial charge < -0.3 is 15.3 Å². The maximum absolute atomic E-state index is 11.0. The predicted molar refractivity (Wildman–Crippen MR) is 76.9 cm³/mol. The van der Waals surface area contributed by atoms with Crippen molar-refractivity contribution in [1.29, 1.82) is 0 Å². The fourth-order valence-electron chi connectivity index (χ4n) is 2.40. The van der Waals surface area contributed by atoms with Gasteiger partial charge in [0.05, 0.1) is 6.20 Å². The average Bonchev–Trinajstić information content (AvgIpc) is 2.81. The number of hydrogen-bond donors (Lipinski definition) is 2. The number of carbonyl (C=O) groups is 1. The van der Waals surface area contributed by atoms with Crippen LogP contribution in [0.4, 0.5) is 10.6 Å². The van der Waals surface area contributed by atoms with Crippen molar-refractivity contribution in [3.63, 3.8) is 0 Å². The van der Waals surface area contributed by atoms with Gasteiger partial charge in [0.2, 0.25) is 0 Å². The van der Waals surface area contributed by atoms with Crippen LogP contribution >= 0.6 is 15.9 Å². The molecule has 0 spiro atoms. The zero-order chi connectivity index (χ0) is 14.1. The maximum atomic E-state index is 11.0. The molecule has 0 aromatic carbocycles. The Morgan fingerprint density at radius 1 is 1.50 bits per heavy atom. The van der Waals surface area contributed by atoms with E-state index in [2.05, 4.69) is 31.3 Å². The van der Waals surface area contributed by atoms with Crippen LogP contribution in [-0.4, -0.2) is 49.8 Å². The van der Waals surface area contributed by atoms with Crippen molar-refractivity contribution >= 4 is 33.5 Å². The minimum absolute atomic E-state index is 0.0899. The molecule has 1 saturated heterocycles. The molecule has 106 valence electrons. The Morgan fingerprint density at radius 2 is 2.35 bits per heavy atom. The number of piperidine rings is 1. The zero-order valence-electron chi connectivity index (χ0n) is 10.7. The number of aromatic nitrogens is 3. The largest absolute Gasteiger partial charge is 0.465 e. The number of nitrogens with zero attached hydrogens (tertiary/aromatic N) is 4. The van der Waals surface area contributed by atoms with E-state index in [0.717, 1.165) is 23.1 Å². The average molecular weight is 340 g/mol. The molecule has 1 unspecified atom stereocenters. The highest BCUT2D eigenvalue weighted by Gasteiger charge is 2.23. The lowest BCUT2D eigenvalue weighted by atomic mass is 10.1. The summed E-state index contributed by atoms with van der Waals surface area (Å²) in [5.74, 6) is 0.716. The molecule has 7 nitrogen and oxygen atoms in total. The topological polar surface area (TPSA) is 82.8 Å². The number of anilines is 1. The number of halogens is 1. The summed E-state index contributed by atoms with van der Waals surface area (Å²) in [5.41, 5.74) is 0.762. The molecule has 1 aliphatic heterocycles. The van der Waals surface area contributed by atoms with E-state index < -0.39 is 6.09 Å². The molecule has 8 heteroatoms. The van der Waals surface area contributed by atoms with E-state index in [4.69, 9.17) is 5.11 Å². The predicted octanol–water partition coefficient (Wildman–Crippen LogP) is 2.05. The van der Waals surface area contributed by atoms with E-state index in [-0.39, 0.29) is 6.04 Å². The Hall–Kier alpha value is -1.83. The molecule has 3 heterocycles. The zero-order valence-corrected chi connectivity index (χ0v) is 12.2. The van der Waals surface area contributed by atoms with Gasteiger partial charge in [-0.1, -0.05) is 0 Å². The van der Waals surface area contributed by atoms with Crippen molar-refractivity contribution in [3.8, 4) is 0 Å². The summed E-state index contributed by atoms with van der Waals surface area (Å²) >= 11 is 3.38. The van der Waals surface area contributed by atoms with Crippen LogP contribution in [0, 0.1) is 0 Å². The van der Waals surface area contributed by atoms with Gasteiger partial charge in [0.25, 0.3) is 0 Å². The number of likely N-dealkylation sites (tertiary alicyclic amines) is 1. The molecule has 1 fully saturated rings. The maximum Gasteiger partial charge on any atom is 0.407 e. The van der Waals surface area contributed by atoms with Crippen LogP contribution in [0.1, 0.15) is 12.8 Å². The second-order valence-corrected chi connectivity index (χ2v) is 5.59. The minimum atomic E-state index is -0.864. The number of amides is 1. The highest BCUT2D eigenvalue weighted by atomic mass is 79.9. The fourth-order valence-corrected chi connectivity index (χ4v) is 2.76. The molecule has 0 aliphatic carbocycles. The first kappa shape index (κ1) is 13.2. The van der Waals surface area contributed by atoms with Gasteiger partial charge in [0.1, 0.15) is 10.4 Å². The third-order valence-corrected chi connectivity index (χ3v) is 3.91. The minimum Gasteiger partial charge on any atom is -0.465 e. The molecule has 2 N–H and O–H groups in total. The second-order valence-electron chi connectivity index (χ2n) is 4.78. The van der Waals surface area contributed by atoms with Gasteiger partial charge in [-0.3, -0.25) is 0 Å². The molecular formula is C12H14BrN5O2. The van der Waals surface area contributed by atoms with Gasteiger partial charge in [-0.2, -0.15) is 0 Å². The number of fused-ring (bicyclic) bond motifs is 1. The molecule has 0 bridgehead atoms. The lowest BCUT2D eigenvalue weighted by molar-refractivity contribution is 0.133. The van der Waals surface area contributed by atoms with E-state index in [1.165, 1.54) is 4.90 Å². The molecule has 1 amide bonds. The lowest BCUT2D eigenvalue weighted by Crippen LogP contribution is -2.44. The molecule has 20 heavy (non-hydrogen) atoms. The van der Waals surface area contributed by atoms with E-state index in [1.54, 1.807) is 10.7 Å². The summed E-state index contributed by atoms with van der Waals surface area (Å²) in [4.78, 5) is 16.6. The number of carboxylic acid groups (broad SMARTS) is 1. The Kier molecular flexibility index (Phi) is 3.47. The number of nitrogens with one attached hydrogen (secondary N) is 1. The molecule has 0 saturated carbocycles. The molecule has 2 aromatic heterocycles. The van der Waals surface area contributed by atoms with Crippen molar-refractivity contribution < 1.29 is 9.90 Å². The van der Waals surface area contributed by atoms with Crippen molar-refractivity contribution in [2.75, 3.05) is 18.4 Å². The molecule has 0 radical (unpaired) electrons. The molecular weight excluding hydrogens is 326 g/mol. The first-order chi connectivity index (χ1) is 9.63. The number of hydrogen-bond acceptors (Lipinski definition) is 4. The van der Waals surface area contributed by atoms with Gasteiger partial charge in [0, 0.05) is 19.1 Å². The quantitative estimate of drug-likeness (QED) is 0.874. The molecule has 1 aliphatic rings. The summed E-state index contributed by atoms with van der Waals surface area (Å²) in [5, 5.41) is 16.8. The van der Waals surface area contributed by atoms with Crippen LogP contribution in [0.3, 0.4) is 0 Å². The highest BCUT2D eigenvalue weighted by Crippen LogP contribution is 2.17. The smallest absolute Gasteiger partial charge is 0.407 e. The standard InChI is InChI=1S/C12H14BrN5O2/c13-9-6-14-11-4-3-10(16-18(9)11)15-8-2-1-5-17(7-8)12(19)20/h3-4,6,8H,1-2,5,7H2,(H,15,16)(H,19,20). The lowest BCUT2D eigenvalue weighted by Gasteiger charge is -2.31. The fraction of sp³-hybridized carbons (Fsp3) is 0.417. The monoisotopic (exact) mass is 339 g/mol. The Bertz CT molecular complexity index is 644. The van der Waals surface area contributed by atoms with Gasteiger partial charge >= 0.3 is 6.09 Å². The van der Waals surface area contributed by atoms with Crippen LogP contribution < -0.4 is 5.32 Å². The Morgan fingerprint density at radius 3 is 3.15 bits per heavy atom. The van der Waals surface area contributed by atoms with E-state index in [0.29, 0.717) is 18.9 Å². The van der Waals surface area contributed by atoms with Crippen molar-refractivity contribution in [2.24, 2.45) is 0 Å². The summed E-state index contributed by atoms with van der Waals surface area (Å²) in [7, 11) is 0. The summed E-state index contributed by atoms with van der Waals surface area (Å²) in [6.07, 6.45) is 2.63. The van der Waals surface area contributed by atoms with Crippen molar-refractivity contribution in [2.45, 2.75) is 18.9 Å². The molecule has 2 aromatic rings. The van der Waals surface area contributed by atoms with Crippen LogP contribution in [0.5, 0.6) is 0 Å². The first-order valence-electron chi connectivity index (χ1n) is 6.38. The van der Waals surface area contributed by atoms with E-state index >= 15 is 0 Å². The van der Waals surface area contributed by atoms with Crippen LogP contribution in [0.15, 0.2) is 22.9 Å². The number of imidazole rings is 1. The normalized spacial score (nSPS) is 19.2. The third-order valence-electron chi connectivity index (χ3n) is 3.36. The summed E-state index contributed by atoms with van der Waals surface area (Å²) in [6, 6.07) is 3.82. The van der Waals surface area contributed by atoms with Gasteiger partial charge in [0.15, 0.2) is 5.65 Å². The third kappa shape index (κ3) is 2.55. The van der Waals surface area contributed by atoms with Gasteiger partial charge in [-0.25, -0.2) is 14.3 Å². The number of rotatable bonds is 2. The van der Waals surface area contributed by atoms with Crippen LogP contribution in [-0.2, 0) is 0 Å². The molecule has 1 atom stereocenters. The summed E-state index contributed by atoms with van der Waals surface area (Å²) in [6.45, 7) is 1.09. The van der Waals surface area contributed by atoms with Gasteiger partial charge in [-0.05, 0) is 40.9 Å². The Balaban J connectivity index is 1.75. The summed E-state index contributed by atoms with van der Waals surface area (Å²) < 4.78 is 2.48. The SMILES string of the molecule is O=C(O)N1CCCC(Nc2ccc3ncc(Br)n3n2)C1. The van der Waals surface area contributed by atoms with Crippen LogP contribution in [0.25, 0.3) is 5.65 Å². The van der Waals surface area contributed by atoms with Crippen molar-refractivity contribution in [1.82, 2.24) is 19.5 Å². The van der Waals surface area contributed by atoms with Gasteiger partial charge in [-0.15, -0.1) is 5.10 Å². The first-order valence-corrected chi connectivity index (χ1v) is 7.17. The van der Waals surface area contributed by atoms with E-state index in [9.17, 15) is 4.79 Å². The highest BCUT2D eigenvalue weighted by molar-refractivity contribution is 9.10. The molecule has 3 rings (SSSR count).